The summed E-state index contributed by atoms with van der Waals surface area (Å²) < 4.78 is 5.98. The first kappa shape index (κ1) is 20.4. The highest BCUT2D eigenvalue weighted by Crippen LogP contribution is 2.29. The third-order valence-electron chi connectivity index (χ3n) is 4.15. The van der Waals surface area contributed by atoms with Crippen LogP contribution in [0.4, 0.5) is 10.8 Å². The van der Waals surface area contributed by atoms with Crippen LogP contribution >= 0.6 is 23.1 Å². The number of ether oxygens (including phenoxy) is 1. The van der Waals surface area contributed by atoms with Crippen LogP contribution in [0.2, 0.25) is 0 Å². The fourth-order valence-electron chi connectivity index (χ4n) is 2.59. The van der Waals surface area contributed by atoms with Gasteiger partial charge in [0.1, 0.15) is 5.75 Å². The van der Waals surface area contributed by atoms with E-state index < -0.39 is 0 Å². The van der Waals surface area contributed by atoms with Gasteiger partial charge in [0.25, 0.3) is 0 Å². The van der Waals surface area contributed by atoms with Gasteiger partial charge in [-0.05, 0) is 30.5 Å². The average Bonchev–Trinajstić information content (AvgIpc) is 3.18. The molecule has 3 aromatic rings. The third-order valence-corrected chi connectivity index (χ3v) is 6.12. The molecule has 0 bridgehead atoms. The Hall–Kier alpha value is -2.38. The maximum absolute atomic E-state index is 12.4. The predicted octanol–water partition coefficient (Wildman–Crippen LogP) is 5.61. The number of ketones is 1. The summed E-state index contributed by atoms with van der Waals surface area (Å²) in [5.41, 5.74) is 2.90. The van der Waals surface area contributed by atoms with Gasteiger partial charge in [-0.2, -0.15) is 0 Å². The maximum Gasteiger partial charge on any atom is 0.210 e. The number of aromatic nitrogens is 2. The second kappa shape index (κ2) is 10.2. The quantitative estimate of drug-likeness (QED) is 0.344. The summed E-state index contributed by atoms with van der Waals surface area (Å²) in [6.07, 6.45) is 3.41. The number of Topliss-reactive ketones (excluding diaryl/α,β-unsaturated/α-hetero) is 1. The molecule has 0 radical (unpaired) electrons. The normalized spacial score (nSPS) is 10.6. The molecule has 0 unspecified atom stereocenters. The minimum absolute atomic E-state index is 0.101. The predicted molar refractivity (Wildman–Crippen MR) is 116 cm³/mol. The van der Waals surface area contributed by atoms with Crippen LogP contribution in [0.15, 0.2) is 52.9 Å². The number of thioether (sulfide) groups is 1. The molecular formula is C21H23N3O2S2. The molecule has 3 rings (SSSR count). The number of nitrogens with zero attached hydrogens (tertiary/aromatic N) is 2. The van der Waals surface area contributed by atoms with Gasteiger partial charge in [-0.3, -0.25) is 4.79 Å². The highest BCUT2D eigenvalue weighted by Gasteiger charge is 2.11. The van der Waals surface area contributed by atoms with Gasteiger partial charge in [0.05, 0.1) is 12.9 Å². The van der Waals surface area contributed by atoms with E-state index in [1.54, 1.807) is 7.11 Å². The molecule has 0 amide bonds. The van der Waals surface area contributed by atoms with E-state index in [9.17, 15) is 4.79 Å². The lowest BCUT2D eigenvalue weighted by molar-refractivity contribution is 0.102. The number of hydrogen-bond donors (Lipinski definition) is 1. The zero-order chi connectivity index (χ0) is 19.8. The standard InChI is InChI=1S/C21H23N3O2S2/c1-3-4-6-15-9-11-16(12-10-15)19(25)14-27-21-24-23-20(28-21)22-17-7-5-8-18(13-17)26-2/h5,7-13H,3-4,6,14H2,1-2H3,(H,22,23). The molecule has 0 saturated heterocycles. The Morgan fingerprint density at radius 3 is 2.75 bits per heavy atom. The van der Waals surface area contributed by atoms with Crippen LogP contribution in [-0.4, -0.2) is 28.8 Å². The van der Waals surface area contributed by atoms with Crippen molar-refractivity contribution < 1.29 is 9.53 Å². The maximum atomic E-state index is 12.4. The summed E-state index contributed by atoms with van der Waals surface area (Å²) in [7, 11) is 1.63. The van der Waals surface area contributed by atoms with Gasteiger partial charge in [-0.25, -0.2) is 0 Å². The summed E-state index contributed by atoms with van der Waals surface area (Å²) in [6.45, 7) is 2.18. The highest BCUT2D eigenvalue weighted by atomic mass is 32.2. The fourth-order valence-corrected chi connectivity index (χ4v) is 4.26. The molecule has 0 aliphatic carbocycles. The van der Waals surface area contributed by atoms with E-state index in [1.807, 2.05) is 36.4 Å². The molecule has 1 N–H and O–H groups in total. The topological polar surface area (TPSA) is 64.1 Å². The largest absolute Gasteiger partial charge is 0.497 e. The summed E-state index contributed by atoms with van der Waals surface area (Å²) in [5, 5.41) is 12.2. The number of hydrogen-bond acceptors (Lipinski definition) is 7. The van der Waals surface area contributed by atoms with E-state index in [-0.39, 0.29) is 5.78 Å². The molecule has 1 heterocycles. The van der Waals surface area contributed by atoms with E-state index >= 15 is 0 Å². The molecule has 0 spiro atoms. The molecular weight excluding hydrogens is 390 g/mol. The number of carbonyl (C=O) groups excluding carboxylic acids is 1. The first-order chi connectivity index (χ1) is 13.7. The SMILES string of the molecule is CCCCc1ccc(C(=O)CSc2nnc(Nc3cccc(OC)c3)s2)cc1. The van der Waals surface area contributed by atoms with Crippen molar-refractivity contribution in [2.24, 2.45) is 0 Å². The first-order valence-corrected chi connectivity index (χ1v) is 11.0. The van der Waals surface area contributed by atoms with E-state index in [2.05, 4.69) is 34.6 Å². The smallest absolute Gasteiger partial charge is 0.210 e. The second-order valence-corrected chi connectivity index (χ2v) is 8.44. The van der Waals surface area contributed by atoms with Gasteiger partial charge in [0.15, 0.2) is 10.1 Å². The van der Waals surface area contributed by atoms with Gasteiger partial charge in [0.2, 0.25) is 5.13 Å². The minimum Gasteiger partial charge on any atom is -0.497 e. The zero-order valence-corrected chi connectivity index (χ0v) is 17.6. The Balaban J connectivity index is 1.52. The van der Waals surface area contributed by atoms with Crippen LogP contribution in [0.3, 0.4) is 0 Å². The van der Waals surface area contributed by atoms with Crippen molar-refractivity contribution in [3.8, 4) is 5.75 Å². The van der Waals surface area contributed by atoms with Crippen molar-refractivity contribution in [3.05, 3.63) is 59.7 Å². The minimum atomic E-state index is 0.101. The molecule has 0 atom stereocenters. The molecule has 0 saturated carbocycles. The fraction of sp³-hybridized carbons (Fsp3) is 0.286. The molecule has 0 aliphatic rings. The monoisotopic (exact) mass is 413 g/mol. The number of carbonyl (C=O) groups is 1. The summed E-state index contributed by atoms with van der Waals surface area (Å²) in [6, 6.07) is 15.6. The van der Waals surface area contributed by atoms with Gasteiger partial charge >= 0.3 is 0 Å². The number of methoxy groups -OCH3 is 1. The van der Waals surface area contributed by atoms with Gasteiger partial charge in [-0.15, -0.1) is 10.2 Å². The van der Waals surface area contributed by atoms with Crippen LogP contribution < -0.4 is 10.1 Å². The molecule has 0 aliphatic heterocycles. The second-order valence-electron chi connectivity index (χ2n) is 6.24. The van der Waals surface area contributed by atoms with E-state index in [1.165, 1.54) is 41.5 Å². The Morgan fingerprint density at radius 2 is 2.00 bits per heavy atom. The molecule has 2 aromatic carbocycles. The Labute approximate surface area is 173 Å². The van der Waals surface area contributed by atoms with Crippen molar-refractivity contribution >= 4 is 39.7 Å². The van der Waals surface area contributed by atoms with Crippen LogP contribution in [0.1, 0.15) is 35.7 Å². The van der Waals surface area contributed by atoms with Crippen LogP contribution in [0.5, 0.6) is 5.75 Å². The molecule has 146 valence electrons. The van der Waals surface area contributed by atoms with Crippen molar-refractivity contribution in [2.45, 2.75) is 30.5 Å². The number of nitrogens with one attached hydrogen (secondary N) is 1. The van der Waals surface area contributed by atoms with E-state index in [0.29, 0.717) is 10.9 Å². The number of rotatable bonds is 10. The number of aryl methyl sites for hydroxylation is 1. The molecule has 28 heavy (non-hydrogen) atoms. The third kappa shape index (κ3) is 5.81. The lowest BCUT2D eigenvalue weighted by atomic mass is 10.1. The van der Waals surface area contributed by atoms with Crippen molar-refractivity contribution in [1.29, 1.82) is 0 Å². The van der Waals surface area contributed by atoms with Crippen molar-refractivity contribution in [3.63, 3.8) is 0 Å². The highest BCUT2D eigenvalue weighted by molar-refractivity contribution is 8.01. The lowest BCUT2D eigenvalue weighted by Crippen LogP contribution is -2.02. The van der Waals surface area contributed by atoms with Crippen molar-refractivity contribution in [2.75, 3.05) is 18.2 Å². The molecule has 5 nitrogen and oxygen atoms in total. The molecule has 1 aromatic heterocycles. The zero-order valence-electron chi connectivity index (χ0n) is 16.0. The van der Waals surface area contributed by atoms with Crippen LogP contribution in [-0.2, 0) is 6.42 Å². The summed E-state index contributed by atoms with van der Waals surface area (Å²) in [5.74, 6) is 1.22. The number of unbranched alkanes of at least 4 members (excludes halogenated alkanes) is 1. The summed E-state index contributed by atoms with van der Waals surface area (Å²) >= 11 is 2.84. The lowest BCUT2D eigenvalue weighted by Gasteiger charge is -2.04. The molecule has 0 fully saturated rings. The van der Waals surface area contributed by atoms with E-state index in [0.717, 1.165) is 27.8 Å². The van der Waals surface area contributed by atoms with Gasteiger partial charge < -0.3 is 10.1 Å². The van der Waals surface area contributed by atoms with E-state index in [4.69, 9.17) is 4.74 Å². The Morgan fingerprint density at radius 1 is 1.18 bits per heavy atom. The van der Waals surface area contributed by atoms with Crippen LogP contribution in [0, 0.1) is 0 Å². The number of benzene rings is 2. The van der Waals surface area contributed by atoms with Gasteiger partial charge in [0, 0.05) is 17.3 Å². The Kier molecular flexibility index (Phi) is 7.45. The van der Waals surface area contributed by atoms with Gasteiger partial charge in [-0.1, -0.05) is 66.8 Å². The Bertz CT molecular complexity index is 910. The molecule has 7 heteroatoms. The summed E-state index contributed by atoms with van der Waals surface area (Å²) in [4.78, 5) is 12.4. The van der Waals surface area contributed by atoms with Crippen LogP contribution in [0.25, 0.3) is 0 Å². The number of anilines is 2. The van der Waals surface area contributed by atoms with Crippen molar-refractivity contribution in [1.82, 2.24) is 10.2 Å². The first-order valence-electron chi connectivity index (χ1n) is 9.17. The average molecular weight is 414 g/mol.